The van der Waals surface area contributed by atoms with Crippen molar-refractivity contribution in [3.8, 4) is 5.88 Å². The summed E-state index contributed by atoms with van der Waals surface area (Å²) in [7, 11) is 0. The van der Waals surface area contributed by atoms with Crippen molar-refractivity contribution >= 4 is 23.1 Å². The van der Waals surface area contributed by atoms with Crippen LogP contribution in [-0.2, 0) is 0 Å². The molecule has 0 amide bonds. The molecule has 0 aliphatic rings. The average molecular weight is 290 g/mol. The normalized spacial score (nSPS) is 10.9. The fourth-order valence-corrected chi connectivity index (χ4v) is 2.09. The first-order valence-corrected chi connectivity index (χ1v) is 6.71. The Morgan fingerprint density at radius 2 is 1.95 bits per heavy atom. The summed E-state index contributed by atoms with van der Waals surface area (Å²) in [5.74, 6) is 0.361. The van der Waals surface area contributed by atoms with E-state index >= 15 is 0 Å². The van der Waals surface area contributed by atoms with Crippen molar-refractivity contribution in [2.24, 2.45) is 0 Å². The van der Waals surface area contributed by atoms with Gasteiger partial charge in [-0.25, -0.2) is 0 Å². The number of rotatable bonds is 4. The molecule has 108 valence electrons. The fourth-order valence-electron chi connectivity index (χ4n) is 2.09. The van der Waals surface area contributed by atoms with Crippen LogP contribution in [0.15, 0.2) is 55.6 Å². The molecule has 0 aliphatic carbocycles. The van der Waals surface area contributed by atoms with Crippen LogP contribution in [0, 0.1) is 5.41 Å². The van der Waals surface area contributed by atoms with E-state index in [1.165, 1.54) is 6.26 Å². The number of hydrogen-bond acceptors (Lipinski definition) is 4. The standard InChI is InChI=1S/C17H14N4O/c1-2-22-17-14-11-19-10-13(15(18)16(14)20-21-17)9-8-12-6-4-3-5-7-12/h2-11,18H,1H2,(H,20,21)/b9-8+,18-15?. The largest absolute Gasteiger partial charge is 0.446 e. The van der Waals surface area contributed by atoms with E-state index in [4.69, 9.17) is 10.1 Å². The Kier molecular flexibility index (Phi) is 3.78. The molecule has 2 heterocycles. The Hall–Kier alpha value is -3.21. The third-order valence-electron chi connectivity index (χ3n) is 3.17. The zero-order valence-corrected chi connectivity index (χ0v) is 11.8. The molecule has 2 aromatic heterocycles. The molecule has 3 aromatic rings. The van der Waals surface area contributed by atoms with Crippen LogP contribution < -0.4 is 10.1 Å². The van der Waals surface area contributed by atoms with Gasteiger partial charge >= 0.3 is 0 Å². The van der Waals surface area contributed by atoms with Crippen LogP contribution in [0.25, 0.3) is 23.1 Å². The van der Waals surface area contributed by atoms with Gasteiger partial charge in [0, 0.05) is 18.0 Å². The Bertz CT molecular complexity index is 897. The summed E-state index contributed by atoms with van der Waals surface area (Å²) in [6, 6.07) is 9.90. The smallest absolute Gasteiger partial charge is 0.247 e. The van der Waals surface area contributed by atoms with Gasteiger partial charge in [-0.15, -0.1) is 5.10 Å². The first-order valence-electron chi connectivity index (χ1n) is 6.71. The lowest BCUT2D eigenvalue weighted by Crippen LogP contribution is -2.02. The van der Waals surface area contributed by atoms with Crippen molar-refractivity contribution in [1.82, 2.24) is 15.2 Å². The van der Waals surface area contributed by atoms with Gasteiger partial charge in [0.1, 0.15) is 0 Å². The SMILES string of the molecule is C=COc1n[nH]c2c(=N)c(/C=C/c3ccccc3)cncc12. The first kappa shape index (κ1) is 13.8. The number of benzene rings is 1. The maximum absolute atomic E-state index is 8.33. The number of H-pyrrole nitrogens is 1. The maximum atomic E-state index is 8.33. The zero-order chi connectivity index (χ0) is 15.4. The topological polar surface area (TPSA) is 74.7 Å². The number of aromatic amines is 1. The van der Waals surface area contributed by atoms with E-state index in [0.29, 0.717) is 27.7 Å². The molecule has 22 heavy (non-hydrogen) atoms. The molecule has 0 unspecified atom stereocenters. The highest BCUT2D eigenvalue weighted by Crippen LogP contribution is 2.19. The van der Waals surface area contributed by atoms with Crippen LogP contribution in [0.3, 0.4) is 0 Å². The number of aromatic nitrogens is 3. The van der Waals surface area contributed by atoms with Crippen molar-refractivity contribution in [1.29, 1.82) is 5.41 Å². The molecule has 0 saturated heterocycles. The summed E-state index contributed by atoms with van der Waals surface area (Å²) in [6.45, 7) is 3.51. The van der Waals surface area contributed by atoms with Crippen LogP contribution in [0.2, 0.25) is 0 Å². The minimum atomic E-state index is 0.311. The average Bonchev–Trinajstić information content (AvgIpc) is 2.87. The van der Waals surface area contributed by atoms with Crippen LogP contribution in [0.1, 0.15) is 11.1 Å². The van der Waals surface area contributed by atoms with E-state index in [2.05, 4.69) is 21.8 Å². The quantitative estimate of drug-likeness (QED) is 0.725. The molecule has 0 radical (unpaired) electrons. The van der Waals surface area contributed by atoms with Crippen LogP contribution in [-0.4, -0.2) is 15.2 Å². The second-order valence-electron chi connectivity index (χ2n) is 4.58. The summed E-state index contributed by atoms with van der Waals surface area (Å²) < 4.78 is 5.21. The van der Waals surface area contributed by atoms with Gasteiger partial charge in [-0.1, -0.05) is 49.1 Å². The number of ether oxygens (including phenoxy) is 1. The van der Waals surface area contributed by atoms with Gasteiger partial charge in [0.05, 0.1) is 22.5 Å². The summed E-state index contributed by atoms with van der Waals surface area (Å²) in [5, 5.41) is 16.1. The van der Waals surface area contributed by atoms with Gasteiger partial charge in [-0.2, -0.15) is 0 Å². The second-order valence-corrected chi connectivity index (χ2v) is 4.58. The highest BCUT2D eigenvalue weighted by atomic mass is 16.5. The molecular weight excluding hydrogens is 276 g/mol. The van der Waals surface area contributed by atoms with Gasteiger partial charge in [0.2, 0.25) is 5.88 Å². The number of nitrogens with zero attached hydrogens (tertiary/aromatic N) is 2. The summed E-state index contributed by atoms with van der Waals surface area (Å²) in [4.78, 5) is 4.22. The van der Waals surface area contributed by atoms with Crippen molar-refractivity contribution in [2.45, 2.75) is 0 Å². The van der Waals surface area contributed by atoms with Crippen LogP contribution in [0.4, 0.5) is 0 Å². The van der Waals surface area contributed by atoms with Gasteiger partial charge in [-0.3, -0.25) is 15.5 Å². The highest BCUT2D eigenvalue weighted by Gasteiger charge is 2.07. The van der Waals surface area contributed by atoms with E-state index in [-0.39, 0.29) is 0 Å². The Labute approximate surface area is 127 Å². The number of hydrogen-bond donors (Lipinski definition) is 2. The van der Waals surface area contributed by atoms with Crippen molar-refractivity contribution in [3.05, 3.63) is 72.1 Å². The van der Waals surface area contributed by atoms with Crippen molar-refractivity contribution < 1.29 is 4.74 Å². The number of nitrogens with one attached hydrogen (secondary N) is 2. The molecule has 0 atom stereocenters. The molecule has 0 fully saturated rings. The molecule has 5 nitrogen and oxygen atoms in total. The molecule has 5 heteroatoms. The Balaban J connectivity index is 2.08. The van der Waals surface area contributed by atoms with Crippen LogP contribution >= 0.6 is 0 Å². The third-order valence-corrected chi connectivity index (χ3v) is 3.17. The molecular formula is C17H14N4O. The molecule has 0 spiro atoms. The van der Waals surface area contributed by atoms with Gasteiger partial charge < -0.3 is 4.74 Å². The summed E-state index contributed by atoms with van der Waals surface area (Å²) in [6.07, 6.45) is 8.36. The van der Waals surface area contributed by atoms with Gasteiger partial charge in [0.15, 0.2) is 0 Å². The molecule has 0 bridgehead atoms. The lowest BCUT2D eigenvalue weighted by atomic mass is 10.1. The molecule has 3 rings (SSSR count). The first-order chi connectivity index (χ1) is 10.8. The number of fused-ring (bicyclic) bond motifs is 1. The predicted octanol–water partition coefficient (Wildman–Crippen LogP) is 3.13. The minimum absolute atomic E-state index is 0.311. The monoisotopic (exact) mass is 290 g/mol. The van der Waals surface area contributed by atoms with Crippen LogP contribution in [0.5, 0.6) is 5.88 Å². The third kappa shape index (κ3) is 2.64. The fraction of sp³-hybridized carbons (Fsp3) is 0. The van der Waals surface area contributed by atoms with E-state index in [0.717, 1.165) is 5.56 Å². The zero-order valence-electron chi connectivity index (χ0n) is 11.8. The van der Waals surface area contributed by atoms with Gasteiger partial charge in [-0.05, 0) is 5.56 Å². The predicted molar refractivity (Wildman–Crippen MR) is 85.9 cm³/mol. The second kappa shape index (κ2) is 6.05. The summed E-state index contributed by atoms with van der Waals surface area (Å²) in [5.41, 5.74) is 2.32. The molecule has 0 saturated carbocycles. The molecule has 0 aliphatic heterocycles. The van der Waals surface area contributed by atoms with E-state index in [9.17, 15) is 0 Å². The lowest BCUT2D eigenvalue weighted by molar-refractivity contribution is 0.466. The van der Waals surface area contributed by atoms with Crippen molar-refractivity contribution in [3.63, 3.8) is 0 Å². The van der Waals surface area contributed by atoms with E-state index in [1.54, 1.807) is 12.4 Å². The highest BCUT2D eigenvalue weighted by molar-refractivity contribution is 5.84. The summed E-state index contributed by atoms with van der Waals surface area (Å²) >= 11 is 0. The Morgan fingerprint density at radius 3 is 2.73 bits per heavy atom. The molecule has 1 aromatic carbocycles. The van der Waals surface area contributed by atoms with Crippen molar-refractivity contribution in [2.75, 3.05) is 0 Å². The lowest BCUT2D eigenvalue weighted by Gasteiger charge is -1.91. The Morgan fingerprint density at radius 1 is 1.14 bits per heavy atom. The maximum Gasteiger partial charge on any atom is 0.247 e. The van der Waals surface area contributed by atoms with E-state index < -0.39 is 0 Å². The van der Waals surface area contributed by atoms with E-state index in [1.807, 2.05) is 42.5 Å². The van der Waals surface area contributed by atoms with Gasteiger partial charge in [0.25, 0.3) is 0 Å². The molecule has 2 N–H and O–H groups in total. The minimum Gasteiger partial charge on any atom is -0.446 e.